The zero-order chi connectivity index (χ0) is 35.8. The molecule has 1 N–H and O–H groups in total. The van der Waals surface area contributed by atoms with E-state index in [0.717, 1.165) is 81.1 Å². The quantitative estimate of drug-likeness (QED) is 0.384. The fourth-order valence-corrected chi connectivity index (χ4v) is 9.95. The zero-order valence-corrected chi connectivity index (χ0v) is 32.2. The molecule has 5 atom stereocenters. The van der Waals surface area contributed by atoms with Gasteiger partial charge in [-0.25, -0.2) is 13.1 Å². The van der Waals surface area contributed by atoms with Crippen LogP contribution in [0.15, 0.2) is 48.6 Å². The lowest BCUT2D eigenvalue weighted by Gasteiger charge is -2.57. The van der Waals surface area contributed by atoms with Crippen LogP contribution in [0.5, 0.6) is 5.75 Å². The molecule has 11 heteroatoms. The van der Waals surface area contributed by atoms with E-state index < -0.39 is 21.5 Å². The van der Waals surface area contributed by atoms with Crippen molar-refractivity contribution in [3.8, 4) is 5.75 Å². The molecule has 0 spiro atoms. The molecule has 3 heterocycles. The Hall–Kier alpha value is -2.63. The molecule has 0 unspecified atom stereocenters. The Morgan fingerprint density at radius 2 is 1.86 bits per heavy atom. The number of allylic oxidation sites excluding steroid dienone is 1. The number of aryl methyl sites for hydroxylation is 1. The normalized spacial score (nSPS) is 30.7. The van der Waals surface area contributed by atoms with Crippen LogP contribution in [-0.2, 0) is 27.8 Å². The fourth-order valence-electron chi connectivity index (χ4n) is 8.28. The number of nitrogens with one attached hydrogen (secondary N) is 1. The molecule has 6 rings (SSSR count). The van der Waals surface area contributed by atoms with Crippen molar-refractivity contribution in [2.75, 3.05) is 64.6 Å². The minimum Gasteiger partial charge on any atom is -0.487 e. The fraction of sp³-hybridized carbons (Fsp3) is 0.615. The number of likely N-dealkylation sites (tertiary alicyclic amines) is 1. The lowest BCUT2D eigenvalue weighted by molar-refractivity contribution is -0.120. The first-order valence-corrected chi connectivity index (χ1v) is 20.2. The molecular formula is C39H55ClN4O5S. The molecule has 1 aliphatic carbocycles. The number of halogens is 1. The van der Waals surface area contributed by atoms with Crippen LogP contribution < -0.4 is 14.4 Å². The third kappa shape index (κ3) is 7.89. The first-order valence-electron chi connectivity index (χ1n) is 18.2. The number of nitrogens with zero attached hydrogens (tertiary/aromatic N) is 3. The van der Waals surface area contributed by atoms with E-state index in [1.165, 1.54) is 5.56 Å². The van der Waals surface area contributed by atoms with Crippen LogP contribution in [0.25, 0.3) is 0 Å². The highest BCUT2D eigenvalue weighted by Crippen LogP contribution is 2.47. The lowest BCUT2D eigenvalue weighted by atomic mass is 9.63. The predicted octanol–water partition coefficient (Wildman–Crippen LogP) is 6.01. The highest BCUT2D eigenvalue weighted by molar-refractivity contribution is 7.90. The Morgan fingerprint density at radius 3 is 2.56 bits per heavy atom. The summed E-state index contributed by atoms with van der Waals surface area (Å²) in [5.41, 5.74) is 3.00. The number of anilines is 1. The van der Waals surface area contributed by atoms with E-state index in [9.17, 15) is 13.2 Å². The van der Waals surface area contributed by atoms with Crippen LogP contribution in [-0.4, -0.2) is 94.9 Å². The van der Waals surface area contributed by atoms with Crippen LogP contribution in [0, 0.1) is 23.7 Å². The van der Waals surface area contributed by atoms with Gasteiger partial charge in [-0.2, -0.15) is 0 Å². The summed E-state index contributed by atoms with van der Waals surface area (Å²) in [6, 6.07) is 11.3. The second kappa shape index (κ2) is 14.8. The number of hydrogen-bond acceptors (Lipinski definition) is 8. The first kappa shape index (κ1) is 37.1. The number of sulfonamides is 1. The maximum atomic E-state index is 13.5. The number of carbonyl (C=O) groups excluding carboxylic acids is 1. The molecule has 2 fully saturated rings. The molecule has 274 valence electrons. The van der Waals surface area contributed by atoms with Gasteiger partial charge in [0.2, 0.25) is 10.0 Å². The van der Waals surface area contributed by atoms with Crippen molar-refractivity contribution in [3.63, 3.8) is 0 Å². The second-order valence-electron chi connectivity index (χ2n) is 15.8. The van der Waals surface area contributed by atoms with E-state index in [1.807, 2.05) is 44.4 Å². The van der Waals surface area contributed by atoms with E-state index in [0.29, 0.717) is 23.8 Å². The van der Waals surface area contributed by atoms with Gasteiger partial charge in [0.15, 0.2) is 0 Å². The summed E-state index contributed by atoms with van der Waals surface area (Å²) in [5.74, 6) is 0.262. The number of ether oxygens (including phenoxy) is 2. The summed E-state index contributed by atoms with van der Waals surface area (Å²) in [7, 11) is 2.23. The number of fused-ring (bicyclic) bond motifs is 3. The predicted molar refractivity (Wildman–Crippen MR) is 201 cm³/mol. The number of methoxy groups -OCH3 is 1. The maximum Gasteiger partial charge on any atom is 0.264 e. The van der Waals surface area contributed by atoms with Crippen LogP contribution in [0.3, 0.4) is 0 Å². The standard InChI is InChI=1S/C39H55ClN4O5S/c1-27-16-17-39(48-6,26-43-24-38(3,25-43)42(4)5)34-14-11-31(34)21-44-18-8-7-9-29-19-33(40)13-10-32(29)22-49-36-15-12-30(20-35(36)44)37(45)41-50(46,47)23-28(27)2/h10,12-13,15-17,19-20,27-28,31,34H,7-9,11,14,18,21-26H2,1-6H3,(H,41,45)/b17-16+/t27-,28+,31-,34+,39+/m0/s1. The molecule has 0 radical (unpaired) electrons. The first-order chi connectivity index (χ1) is 23.7. The molecule has 1 saturated carbocycles. The van der Waals surface area contributed by atoms with Crippen molar-refractivity contribution in [1.82, 2.24) is 14.5 Å². The van der Waals surface area contributed by atoms with Gasteiger partial charge in [-0.15, -0.1) is 0 Å². The summed E-state index contributed by atoms with van der Waals surface area (Å²) in [4.78, 5) is 20.7. The number of likely N-dealkylation sites (N-methyl/N-ethyl adjacent to an activating group) is 1. The molecule has 1 saturated heterocycles. The van der Waals surface area contributed by atoms with Gasteiger partial charge < -0.3 is 19.3 Å². The molecule has 50 heavy (non-hydrogen) atoms. The Kier molecular flexibility index (Phi) is 11.0. The largest absolute Gasteiger partial charge is 0.487 e. The van der Waals surface area contributed by atoms with Gasteiger partial charge in [0.05, 0.1) is 11.4 Å². The Morgan fingerprint density at radius 1 is 1.08 bits per heavy atom. The molecule has 4 aliphatic rings. The van der Waals surface area contributed by atoms with Gasteiger partial charge >= 0.3 is 0 Å². The molecule has 1 amide bonds. The molecule has 9 nitrogen and oxygen atoms in total. The van der Waals surface area contributed by atoms with Crippen molar-refractivity contribution in [2.24, 2.45) is 23.7 Å². The number of benzene rings is 2. The molecular weight excluding hydrogens is 672 g/mol. The summed E-state index contributed by atoms with van der Waals surface area (Å²) in [6.07, 6.45) is 9.36. The summed E-state index contributed by atoms with van der Waals surface area (Å²) in [5, 5.41) is 0.718. The smallest absolute Gasteiger partial charge is 0.264 e. The summed E-state index contributed by atoms with van der Waals surface area (Å²) < 4.78 is 42.2. The number of amides is 1. The summed E-state index contributed by atoms with van der Waals surface area (Å²) in [6.45, 7) is 10.9. The van der Waals surface area contributed by atoms with Gasteiger partial charge in [0, 0.05) is 56.0 Å². The van der Waals surface area contributed by atoms with Crippen molar-refractivity contribution in [1.29, 1.82) is 0 Å². The lowest BCUT2D eigenvalue weighted by Crippen LogP contribution is -2.70. The van der Waals surface area contributed by atoms with E-state index >= 15 is 0 Å². The number of hydrogen-bond donors (Lipinski definition) is 1. The zero-order valence-electron chi connectivity index (χ0n) is 30.6. The van der Waals surface area contributed by atoms with Crippen molar-refractivity contribution >= 4 is 33.2 Å². The second-order valence-corrected chi connectivity index (χ2v) is 18.0. The average Bonchev–Trinajstić information content (AvgIpc) is 3.06. The molecule has 3 aliphatic heterocycles. The number of carbonyl (C=O) groups is 1. The highest BCUT2D eigenvalue weighted by atomic mass is 35.5. The van der Waals surface area contributed by atoms with Gasteiger partial charge in [-0.1, -0.05) is 43.7 Å². The van der Waals surface area contributed by atoms with Gasteiger partial charge in [0.25, 0.3) is 5.91 Å². The van der Waals surface area contributed by atoms with Crippen LogP contribution in [0.1, 0.15) is 67.9 Å². The van der Waals surface area contributed by atoms with Crippen molar-refractivity contribution in [2.45, 2.75) is 70.6 Å². The Balaban J connectivity index is 1.39. The van der Waals surface area contributed by atoms with Crippen molar-refractivity contribution in [3.05, 3.63) is 70.3 Å². The third-order valence-electron chi connectivity index (χ3n) is 12.1. The molecule has 2 bridgehead atoms. The SMILES string of the molecule is CO[C@@]1(CN2CC(C)(N(C)C)C2)/C=C/[C@H](C)[C@H](C)CS(=O)(=O)NC(=O)c2ccc3c(c2)N(CCCCc2cc(Cl)ccc2CO3)C[C@@H]2CC[C@H]21. The molecule has 2 aromatic rings. The maximum absolute atomic E-state index is 13.5. The van der Waals surface area contributed by atoms with Crippen LogP contribution >= 0.6 is 11.6 Å². The Bertz CT molecular complexity index is 1690. The van der Waals surface area contributed by atoms with Gasteiger partial charge in [0.1, 0.15) is 18.0 Å². The average molecular weight is 727 g/mol. The molecule has 0 aromatic heterocycles. The number of rotatable bonds is 4. The van der Waals surface area contributed by atoms with Crippen LogP contribution in [0.4, 0.5) is 5.69 Å². The van der Waals surface area contributed by atoms with Gasteiger partial charge in [-0.05, 0) is 118 Å². The minimum atomic E-state index is -3.90. The third-order valence-corrected chi connectivity index (χ3v) is 13.8. The van der Waals surface area contributed by atoms with E-state index in [4.69, 9.17) is 21.1 Å². The van der Waals surface area contributed by atoms with Crippen molar-refractivity contribution < 1.29 is 22.7 Å². The van der Waals surface area contributed by atoms with E-state index in [-0.39, 0.29) is 29.0 Å². The van der Waals surface area contributed by atoms with E-state index in [1.54, 1.807) is 6.07 Å². The summed E-state index contributed by atoms with van der Waals surface area (Å²) >= 11 is 6.39. The van der Waals surface area contributed by atoms with E-state index in [2.05, 4.69) is 59.5 Å². The molecule has 2 aromatic carbocycles. The Labute approximate surface area is 304 Å². The van der Waals surface area contributed by atoms with Crippen LogP contribution in [0.2, 0.25) is 5.02 Å². The minimum absolute atomic E-state index is 0.0425. The monoisotopic (exact) mass is 726 g/mol. The topological polar surface area (TPSA) is 91.4 Å². The van der Waals surface area contributed by atoms with Gasteiger partial charge in [-0.3, -0.25) is 9.69 Å². The highest BCUT2D eigenvalue weighted by Gasteiger charge is 2.51.